The van der Waals surface area contributed by atoms with Gasteiger partial charge in [-0.15, -0.1) is 11.3 Å². The van der Waals surface area contributed by atoms with Gasteiger partial charge in [-0.05, 0) is 73.1 Å². The van der Waals surface area contributed by atoms with Crippen molar-refractivity contribution >= 4 is 28.5 Å². The molecule has 0 aliphatic heterocycles. The summed E-state index contributed by atoms with van der Waals surface area (Å²) in [5.41, 5.74) is 2.23. The van der Waals surface area contributed by atoms with Gasteiger partial charge in [0, 0.05) is 30.0 Å². The number of hydrogen-bond acceptors (Lipinski definition) is 6. The molecule has 2 amide bonds. The van der Waals surface area contributed by atoms with Gasteiger partial charge in [-0.25, -0.2) is 9.78 Å². The highest BCUT2D eigenvalue weighted by molar-refractivity contribution is 7.14. The van der Waals surface area contributed by atoms with Crippen molar-refractivity contribution in [1.82, 2.24) is 15.6 Å². The Morgan fingerprint density at radius 2 is 1.71 bits per heavy atom. The van der Waals surface area contributed by atoms with Gasteiger partial charge in [-0.1, -0.05) is 29.8 Å². The molecule has 35 heavy (non-hydrogen) atoms. The number of carbonyl (C=O) groups excluding carboxylic acids is 2. The number of aromatic nitrogens is 1. The van der Waals surface area contributed by atoms with Gasteiger partial charge in [0.25, 0.3) is 0 Å². The van der Waals surface area contributed by atoms with Crippen LogP contribution in [0.3, 0.4) is 0 Å². The third-order valence-electron chi connectivity index (χ3n) is 6.09. The minimum atomic E-state index is -0.513. The maximum absolute atomic E-state index is 12.6. The molecule has 0 radical (unpaired) electrons. The summed E-state index contributed by atoms with van der Waals surface area (Å²) < 4.78 is 5.37. The summed E-state index contributed by atoms with van der Waals surface area (Å²) in [7, 11) is 0. The van der Waals surface area contributed by atoms with Gasteiger partial charge in [0.05, 0.1) is 11.2 Å². The smallest absolute Gasteiger partial charge is 0.408 e. The molecule has 3 N–H and O–H groups in total. The number of carbonyl (C=O) groups is 2. The third-order valence-corrected chi connectivity index (χ3v) is 6.85. The minimum absolute atomic E-state index is 0.0360. The van der Waals surface area contributed by atoms with Crippen LogP contribution in [-0.4, -0.2) is 40.7 Å². The zero-order valence-electron chi connectivity index (χ0n) is 21.9. The van der Waals surface area contributed by atoms with Crippen molar-refractivity contribution in [3.8, 4) is 11.3 Å². The summed E-state index contributed by atoms with van der Waals surface area (Å²) in [6, 6.07) is 8.63. The van der Waals surface area contributed by atoms with Crippen LogP contribution in [0.25, 0.3) is 11.3 Å². The maximum Gasteiger partial charge on any atom is 0.408 e. The van der Waals surface area contributed by atoms with Crippen molar-refractivity contribution in [3.05, 3.63) is 35.2 Å². The van der Waals surface area contributed by atoms with E-state index in [1.54, 1.807) is 0 Å². The monoisotopic (exact) mass is 500 g/mol. The van der Waals surface area contributed by atoms with Gasteiger partial charge in [0.15, 0.2) is 5.13 Å². The molecule has 1 saturated carbocycles. The number of thiazole rings is 1. The number of nitrogens with zero attached hydrogens (tertiary/aromatic N) is 1. The second-order valence-corrected chi connectivity index (χ2v) is 12.1. The predicted molar refractivity (Wildman–Crippen MR) is 143 cm³/mol. The van der Waals surface area contributed by atoms with Crippen LogP contribution in [0.4, 0.5) is 9.93 Å². The molecule has 2 aromatic rings. The van der Waals surface area contributed by atoms with E-state index in [9.17, 15) is 9.59 Å². The molecule has 1 fully saturated rings. The molecular weight excluding hydrogens is 460 g/mol. The van der Waals surface area contributed by atoms with Gasteiger partial charge < -0.3 is 20.7 Å². The topological polar surface area (TPSA) is 92.4 Å². The maximum atomic E-state index is 12.6. The van der Waals surface area contributed by atoms with Crippen molar-refractivity contribution in [1.29, 1.82) is 0 Å². The Bertz CT molecular complexity index is 987. The second kappa shape index (κ2) is 11.5. The van der Waals surface area contributed by atoms with E-state index in [2.05, 4.69) is 52.1 Å². The number of ether oxygens (including phenoxy) is 1. The fourth-order valence-corrected chi connectivity index (χ4v) is 4.95. The highest BCUT2D eigenvalue weighted by Gasteiger charge is 2.28. The lowest BCUT2D eigenvalue weighted by Crippen LogP contribution is -2.53. The Kier molecular flexibility index (Phi) is 8.94. The van der Waals surface area contributed by atoms with E-state index >= 15 is 0 Å². The van der Waals surface area contributed by atoms with E-state index in [-0.39, 0.29) is 5.91 Å². The molecule has 7 nitrogen and oxygen atoms in total. The van der Waals surface area contributed by atoms with E-state index < -0.39 is 17.2 Å². The van der Waals surface area contributed by atoms with E-state index in [4.69, 9.17) is 4.74 Å². The highest BCUT2D eigenvalue weighted by atomic mass is 32.1. The van der Waals surface area contributed by atoms with E-state index in [0.29, 0.717) is 30.1 Å². The zero-order valence-corrected chi connectivity index (χ0v) is 22.7. The first-order chi connectivity index (χ1) is 16.4. The Labute approximate surface area is 213 Å². The predicted octanol–water partition coefficient (Wildman–Crippen LogP) is 5.90. The summed E-state index contributed by atoms with van der Waals surface area (Å²) in [6.45, 7) is 12.3. The van der Waals surface area contributed by atoms with Crippen molar-refractivity contribution in [3.63, 3.8) is 0 Å². The van der Waals surface area contributed by atoms with Crippen molar-refractivity contribution < 1.29 is 14.3 Å². The minimum Gasteiger partial charge on any atom is -0.444 e. The number of aryl methyl sites for hydroxylation is 1. The average Bonchev–Trinajstić information content (AvgIpc) is 3.20. The van der Waals surface area contributed by atoms with E-state index in [0.717, 1.165) is 36.9 Å². The van der Waals surface area contributed by atoms with Crippen LogP contribution >= 0.6 is 11.3 Å². The molecule has 1 aliphatic rings. The molecule has 1 aliphatic carbocycles. The van der Waals surface area contributed by atoms with Crippen LogP contribution in [-0.2, 0) is 9.53 Å². The summed E-state index contributed by atoms with van der Waals surface area (Å²) in [5.74, 6) is 0.423. The van der Waals surface area contributed by atoms with Crippen molar-refractivity contribution in [2.75, 3.05) is 11.9 Å². The second-order valence-electron chi connectivity index (χ2n) is 11.3. The molecule has 8 heteroatoms. The molecule has 0 spiro atoms. The van der Waals surface area contributed by atoms with Crippen LogP contribution in [0.15, 0.2) is 29.6 Å². The fourth-order valence-electron chi connectivity index (χ4n) is 4.21. The molecule has 3 rings (SSSR count). The first kappa shape index (κ1) is 27.1. The Balaban J connectivity index is 1.37. The lowest BCUT2D eigenvalue weighted by Gasteiger charge is -2.33. The zero-order chi connectivity index (χ0) is 25.6. The molecule has 1 heterocycles. The summed E-state index contributed by atoms with van der Waals surface area (Å²) in [5, 5.41) is 12.1. The summed E-state index contributed by atoms with van der Waals surface area (Å²) >= 11 is 1.46. The first-order valence-corrected chi connectivity index (χ1v) is 13.3. The van der Waals surface area contributed by atoms with Gasteiger partial charge in [-0.2, -0.15) is 0 Å². The molecule has 0 saturated heterocycles. The number of hydrogen-bond donors (Lipinski definition) is 3. The molecular formula is C27H40N4O3S. The number of anilines is 1. The Morgan fingerprint density at radius 3 is 2.34 bits per heavy atom. The quantitative estimate of drug-likeness (QED) is 0.420. The highest BCUT2D eigenvalue weighted by Crippen LogP contribution is 2.29. The average molecular weight is 501 g/mol. The summed E-state index contributed by atoms with van der Waals surface area (Å²) in [4.78, 5) is 29.3. The molecule has 0 bridgehead atoms. The number of benzene rings is 1. The molecule has 192 valence electrons. The Hall–Kier alpha value is -2.45. The van der Waals surface area contributed by atoms with Crippen molar-refractivity contribution in [2.45, 2.75) is 90.8 Å². The molecule has 0 atom stereocenters. The first-order valence-electron chi connectivity index (χ1n) is 12.5. The lowest BCUT2D eigenvalue weighted by atomic mass is 9.83. The standard InChI is InChI=1S/C27H40N4O3S/c1-18-7-11-20(12-8-18)22-16-35-24(29-22)30-23(32)15-19-9-13-21(14-10-19)28-17-27(5,6)31-25(33)34-26(2,3)4/h7-8,11-12,16,19,21,28H,9-10,13-15,17H2,1-6H3,(H,31,33)(H,29,30,32). The van der Waals surface area contributed by atoms with Gasteiger partial charge in [0.2, 0.25) is 5.91 Å². The number of nitrogens with one attached hydrogen (secondary N) is 3. The van der Waals surface area contributed by atoms with Gasteiger partial charge in [0.1, 0.15) is 5.60 Å². The van der Waals surface area contributed by atoms with Crippen LogP contribution in [0.2, 0.25) is 0 Å². The van der Waals surface area contributed by atoms with Crippen LogP contribution in [0.5, 0.6) is 0 Å². The van der Waals surface area contributed by atoms with Crippen LogP contribution in [0.1, 0.15) is 72.3 Å². The normalized spacial score (nSPS) is 18.7. The largest absolute Gasteiger partial charge is 0.444 e. The van der Waals surface area contributed by atoms with Gasteiger partial charge in [-0.3, -0.25) is 4.79 Å². The van der Waals surface area contributed by atoms with Crippen LogP contribution < -0.4 is 16.0 Å². The third kappa shape index (κ3) is 9.26. The van der Waals surface area contributed by atoms with E-state index in [1.807, 2.05) is 40.0 Å². The van der Waals surface area contributed by atoms with Crippen molar-refractivity contribution in [2.24, 2.45) is 5.92 Å². The molecule has 1 aromatic heterocycles. The summed E-state index contributed by atoms with van der Waals surface area (Å²) in [6.07, 6.45) is 4.20. The van der Waals surface area contributed by atoms with E-state index in [1.165, 1.54) is 16.9 Å². The fraction of sp³-hybridized carbons (Fsp3) is 0.593. The number of alkyl carbamates (subject to hydrolysis) is 1. The number of rotatable bonds is 8. The van der Waals surface area contributed by atoms with Crippen LogP contribution in [0, 0.1) is 12.8 Å². The molecule has 1 aromatic carbocycles. The lowest BCUT2D eigenvalue weighted by molar-refractivity contribution is -0.117. The number of amides is 2. The SMILES string of the molecule is Cc1ccc(-c2csc(NC(=O)CC3CCC(NCC(C)(C)NC(=O)OC(C)(C)C)CC3)n2)cc1. The molecule has 0 unspecified atom stereocenters. The van der Waals surface area contributed by atoms with Gasteiger partial charge >= 0.3 is 6.09 Å². The Morgan fingerprint density at radius 1 is 1.06 bits per heavy atom.